The number of hydrogen-bond donors (Lipinski definition) is 1. The molecule has 2 fully saturated rings. The molecule has 0 radical (unpaired) electrons. The minimum atomic E-state index is -0.723. The van der Waals surface area contributed by atoms with E-state index in [1.54, 1.807) is 36.3 Å². The van der Waals surface area contributed by atoms with Gasteiger partial charge in [0.15, 0.2) is 0 Å². The predicted octanol–water partition coefficient (Wildman–Crippen LogP) is -0.0997. The lowest BCUT2D eigenvalue weighted by Gasteiger charge is -2.30. The summed E-state index contributed by atoms with van der Waals surface area (Å²) in [6.07, 6.45) is 0. The molecule has 0 spiro atoms. The van der Waals surface area contributed by atoms with E-state index in [4.69, 9.17) is 9.47 Å². The molecule has 1 unspecified atom stereocenters. The first-order valence-electron chi connectivity index (χ1n) is 11.5. The number of ether oxygens (including phenoxy) is 2. The van der Waals surface area contributed by atoms with Crippen LogP contribution in [-0.4, -0.2) is 77.2 Å². The molecule has 8 nitrogen and oxygen atoms in total. The van der Waals surface area contributed by atoms with Crippen LogP contribution in [0.25, 0.3) is 5.76 Å². The predicted molar refractivity (Wildman–Crippen MR) is 127 cm³/mol. The van der Waals surface area contributed by atoms with Crippen LogP contribution >= 0.6 is 0 Å². The number of methoxy groups -OCH3 is 1. The lowest BCUT2D eigenvalue weighted by atomic mass is 9.95. The van der Waals surface area contributed by atoms with Crippen LogP contribution in [0.1, 0.15) is 17.2 Å². The average molecular weight is 466 g/mol. The molecule has 2 aliphatic rings. The second-order valence-electron chi connectivity index (χ2n) is 8.80. The quantitative estimate of drug-likeness (QED) is 0.349. The van der Waals surface area contributed by atoms with Gasteiger partial charge in [-0.05, 0) is 35.4 Å². The van der Waals surface area contributed by atoms with Crippen molar-refractivity contribution in [2.75, 3.05) is 65.5 Å². The monoisotopic (exact) mass is 465 g/mol. The molecule has 34 heavy (non-hydrogen) atoms. The van der Waals surface area contributed by atoms with Crippen molar-refractivity contribution in [3.05, 3.63) is 65.2 Å². The number of rotatable bonds is 7. The number of amides is 1. The number of carbonyl (C=O) groups excluding carboxylic acids is 2. The first-order valence-corrected chi connectivity index (χ1v) is 11.5. The molecule has 8 heteroatoms. The fraction of sp³-hybridized carbons (Fsp3) is 0.385. The number of carbonyl (C=O) groups is 2. The zero-order valence-electron chi connectivity index (χ0n) is 19.9. The van der Waals surface area contributed by atoms with Gasteiger partial charge in [-0.1, -0.05) is 30.0 Å². The maximum absolute atomic E-state index is 13.5. The van der Waals surface area contributed by atoms with Gasteiger partial charge in [-0.15, -0.1) is 0 Å². The maximum atomic E-state index is 13.5. The minimum absolute atomic E-state index is 0.00440. The third-order valence-electron chi connectivity index (χ3n) is 6.51. The number of ketones is 1. The highest BCUT2D eigenvalue weighted by Crippen LogP contribution is 2.39. The summed E-state index contributed by atoms with van der Waals surface area (Å²) in [7, 11) is 5.44. The van der Waals surface area contributed by atoms with Crippen LogP contribution < -0.4 is 19.6 Å². The molecule has 2 aromatic rings. The van der Waals surface area contributed by atoms with Gasteiger partial charge in [-0.2, -0.15) is 0 Å². The molecule has 4 rings (SSSR count). The highest BCUT2D eigenvalue weighted by Gasteiger charge is 2.44. The summed E-state index contributed by atoms with van der Waals surface area (Å²) >= 11 is 0. The second-order valence-corrected chi connectivity index (χ2v) is 8.80. The number of hydrogen-bond acceptors (Lipinski definition) is 6. The Labute approximate surface area is 200 Å². The van der Waals surface area contributed by atoms with Crippen molar-refractivity contribution >= 4 is 23.1 Å². The summed E-state index contributed by atoms with van der Waals surface area (Å²) in [5, 5.41) is 13.5. The molecule has 180 valence electrons. The Morgan fingerprint density at radius 2 is 1.74 bits per heavy atom. The number of anilines is 1. The molecule has 1 atom stereocenters. The number of Topliss-reactive ketones (excluding diaryl/α,β-unsaturated/α-hetero) is 1. The van der Waals surface area contributed by atoms with Crippen LogP contribution in [0.5, 0.6) is 5.75 Å². The summed E-state index contributed by atoms with van der Waals surface area (Å²) in [5.74, 6) is -1.16. The van der Waals surface area contributed by atoms with Crippen LogP contribution in [0.15, 0.2) is 54.1 Å². The molecule has 0 aliphatic carbocycles. The largest absolute Gasteiger partial charge is 0.872 e. The Balaban J connectivity index is 1.72. The summed E-state index contributed by atoms with van der Waals surface area (Å²) in [5.41, 5.74) is 2.10. The number of morpholine rings is 1. The minimum Gasteiger partial charge on any atom is -0.872 e. The van der Waals surface area contributed by atoms with Gasteiger partial charge in [0, 0.05) is 25.4 Å². The van der Waals surface area contributed by atoms with Crippen molar-refractivity contribution in [1.29, 1.82) is 0 Å². The lowest BCUT2D eigenvalue weighted by Crippen LogP contribution is -3.14. The molecular formula is C26H31N3O5. The number of benzene rings is 2. The van der Waals surface area contributed by atoms with E-state index in [1.165, 1.54) is 4.90 Å². The Bertz CT molecular complexity index is 1060. The third-order valence-corrected chi connectivity index (χ3v) is 6.51. The first-order chi connectivity index (χ1) is 16.4. The zero-order valence-corrected chi connectivity index (χ0v) is 19.9. The van der Waals surface area contributed by atoms with Crippen LogP contribution in [0.2, 0.25) is 0 Å². The van der Waals surface area contributed by atoms with E-state index in [1.807, 2.05) is 43.3 Å². The number of nitrogens with one attached hydrogen (secondary N) is 1. The van der Waals surface area contributed by atoms with Gasteiger partial charge in [0.1, 0.15) is 18.8 Å². The van der Waals surface area contributed by atoms with Gasteiger partial charge < -0.3 is 29.3 Å². The Kier molecular flexibility index (Phi) is 7.19. The molecule has 0 aromatic heterocycles. The van der Waals surface area contributed by atoms with Crippen molar-refractivity contribution in [2.24, 2.45) is 0 Å². The topological polar surface area (TPSA) is 86.6 Å². The molecule has 0 saturated carbocycles. The van der Waals surface area contributed by atoms with Crippen molar-refractivity contribution in [2.45, 2.75) is 6.04 Å². The van der Waals surface area contributed by atoms with Gasteiger partial charge >= 0.3 is 0 Å². The van der Waals surface area contributed by atoms with Crippen molar-refractivity contribution in [3.8, 4) is 5.75 Å². The summed E-state index contributed by atoms with van der Waals surface area (Å²) in [6, 6.07) is 13.5. The average Bonchev–Trinajstić information content (AvgIpc) is 3.12. The maximum Gasteiger partial charge on any atom is 0.295 e. The second kappa shape index (κ2) is 10.3. The zero-order chi connectivity index (χ0) is 24.2. The van der Waals surface area contributed by atoms with Gasteiger partial charge in [-0.3, -0.25) is 9.59 Å². The number of likely N-dealkylation sites (tertiary alicyclic amines) is 1. The van der Waals surface area contributed by atoms with Gasteiger partial charge in [0.25, 0.3) is 5.91 Å². The molecule has 2 heterocycles. The van der Waals surface area contributed by atoms with Crippen LogP contribution in [0, 0.1) is 0 Å². The smallest absolute Gasteiger partial charge is 0.295 e. The van der Waals surface area contributed by atoms with E-state index in [0.29, 0.717) is 37.6 Å². The van der Waals surface area contributed by atoms with Crippen molar-refractivity contribution in [3.63, 3.8) is 0 Å². The van der Waals surface area contributed by atoms with Crippen LogP contribution in [0.3, 0.4) is 0 Å². The third kappa shape index (κ3) is 4.78. The van der Waals surface area contributed by atoms with E-state index in [-0.39, 0.29) is 5.57 Å². The molecule has 2 saturated heterocycles. The Hall–Kier alpha value is -3.36. The van der Waals surface area contributed by atoms with E-state index >= 15 is 0 Å². The molecule has 2 aromatic carbocycles. The summed E-state index contributed by atoms with van der Waals surface area (Å²) in [6.45, 7) is 4.17. The molecule has 0 bridgehead atoms. The Morgan fingerprint density at radius 3 is 2.32 bits per heavy atom. The Morgan fingerprint density at radius 1 is 1.09 bits per heavy atom. The van der Waals surface area contributed by atoms with Gasteiger partial charge in [-0.25, -0.2) is 0 Å². The molecule has 1 N–H and O–H groups in total. The highest BCUT2D eigenvalue weighted by atomic mass is 16.5. The van der Waals surface area contributed by atoms with E-state index in [2.05, 4.69) is 0 Å². The van der Waals surface area contributed by atoms with E-state index in [9.17, 15) is 14.7 Å². The van der Waals surface area contributed by atoms with E-state index in [0.717, 1.165) is 24.3 Å². The summed E-state index contributed by atoms with van der Waals surface area (Å²) < 4.78 is 10.6. The normalized spacial score (nSPS) is 20.6. The lowest BCUT2D eigenvalue weighted by molar-refractivity contribution is -0.907. The van der Waals surface area contributed by atoms with Crippen LogP contribution in [-0.2, 0) is 14.3 Å². The van der Waals surface area contributed by atoms with Crippen LogP contribution in [0.4, 0.5) is 5.69 Å². The highest BCUT2D eigenvalue weighted by molar-refractivity contribution is 6.46. The summed E-state index contributed by atoms with van der Waals surface area (Å²) in [4.78, 5) is 31.1. The van der Waals surface area contributed by atoms with E-state index < -0.39 is 23.5 Å². The SMILES string of the molecule is COc1ccc(/C([O-])=C2\C(=O)C(=O)N(CC[NH+]3CCOCC3)C2c2ccc(N(C)C)cc2)cc1. The number of nitrogens with zero attached hydrogens (tertiary/aromatic N) is 2. The van der Waals surface area contributed by atoms with Crippen molar-refractivity contribution < 1.29 is 29.1 Å². The van der Waals surface area contributed by atoms with Crippen molar-refractivity contribution in [1.82, 2.24) is 4.90 Å². The number of quaternary nitrogens is 1. The molecular weight excluding hydrogens is 434 g/mol. The van der Waals surface area contributed by atoms with Gasteiger partial charge in [0.05, 0.1) is 39.5 Å². The fourth-order valence-corrected chi connectivity index (χ4v) is 4.49. The fourth-order valence-electron chi connectivity index (χ4n) is 4.49. The molecule has 2 aliphatic heterocycles. The molecule has 1 amide bonds. The van der Waals surface area contributed by atoms with Gasteiger partial charge in [0.2, 0.25) is 5.78 Å². The standard InChI is InChI=1S/C26H31N3O5/c1-27(2)20-8-4-18(5-9-20)23-22(24(30)19-6-10-21(33-3)11-7-19)25(31)26(32)29(23)13-12-28-14-16-34-17-15-28/h4-11,23,30H,12-17H2,1-3H3/b24-22+. The first kappa shape index (κ1) is 23.8.